The molecule has 0 fully saturated rings. The van der Waals surface area contributed by atoms with Crippen LogP contribution in [-0.4, -0.2) is 35.0 Å². The molecule has 0 radical (unpaired) electrons. The molecule has 0 aliphatic carbocycles. The number of nitrogens with one attached hydrogen (secondary N) is 1. The Bertz CT molecular complexity index is 269. The summed E-state index contributed by atoms with van der Waals surface area (Å²) in [5.41, 5.74) is 0. The van der Waals surface area contributed by atoms with Crippen LogP contribution >= 0.6 is 11.8 Å². The minimum atomic E-state index is -0.794. The second kappa shape index (κ2) is 11.1. The summed E-state index contributed by atoms with van der Waals surface area (Å²) in [6.07, 6.45) is 3.23. The molecule has 4 nitrogen and oxygen atoms in total. The zero-order valence-corrected chi connectivity index (χ0v) is 13.1. The number of amides is 1. The summed E-state index contributed by atoms with van der Waals surface area (Å²) in [7, 11) is 0. The highest BCUT2D eigenvalue weighted by molar-refractivity contribution is 7.99. The van der Waals surface area contributed by atoms with Crippen molar-refractivity contribution in [3.05, 3.63) is 0 Å². The molecule has 0 rings (SSSR count). The Balaban J connectivity index is 3.88. The summed E-state index contributed by atoms with van der Waals surface area (Å²) in [6.45, 7) is 6.73. The van der Waals surface area contributed by atoms with Gasteiger partial charge in [0.1, 0.15) is 0 Å². The van der Waals surface area contributed by atoms with Crippen LogP contribution in [0.3, 0.4) is 0 Å². The molecule has 5 heteroatoms. The third-order valence-corrected chi connectivity index (χ3v) is 3.77. The Morgan fingerprint density at radius 3 is 2.53 bits per heavy atom. The third-order valence-electron chi connectivity index (χ3n) is 2.73. The quantitative estimate of drug-likeness (QED) is 0.574. The molecule has 0 aromatic carbocycles. The van der Waals surface area contributed by atoms with Crippen LogP contribution < -0.4 is 5.32 Å². The predicted octanol–water partition coefficient (Wildman–Crippen LogP) is 2.77. The fourth-order valence-corrected chi connectivity index (χ4v) is 2.80. The van der Waals surface area contributed by atoms with Gasteiger partial charge in [-0.1, -0.05) is 27.2 Å². The number of carboxylic acid groups (broad SMARTS) is 1. The normalized spacial score (nSPS) is 12.4. The molecular weight excluding hydrogens is 262 g/mol. The van der Waals surface area contributed by atoms with Crippen LogP contribution in [0.15, 0.2) is 0 Å². The number of carbonyl (C=O) groups is 2. The first-order valence-corrected chi connectivity index (χ1v) is 8.17. The van der Waals surface area contributed by atoms with Crippen molar-refractivity contribution in [3.63, 3.8) is 0 Å². The predicted molar refractivity (Wildman–Crippen MR) is 80.4 cm³/mol. The zero-order chi connectivity index (χ0) is 14.7. The average Bonchev–Trinajstić information content (AvgIpc) is 2.30. The summed E-state index contributed by atoms with van der Waals surface area (Å²) in [5, 5.41) is 11.7. The van der Waals surface area contributed by atoms with Crippen LogP contribution in [0.2, 0.25) is 0 Å². The molecule has 1 atom stereocenters. The number of aliphatic carboxylic acids is 1. The average molecular weight is 289 g/mol. The number of unbranched alkanes of at least 4 members (excludes halogenated alkanes) is 1. The molecule has 112 valence electrons. The van der Waals surface area contributed by atoms with Gasteiger partial charge in [-0.15, -0.1) is 0 Å². The molecule has 0 saturated carbocycles. The number of carbonyl (C=O) groups excluding carboxylic acids is 1. The molecule has 0 bridgehead atoms. The smallest absolute Gasteiger partial charge is 0.303 e. The van der Waals surface area contributed by atoms with Crippen LogP contribution in [0, 0.1) is 11.8 Å². The Hall–Kier alpha value is -0.710. The lowest BCUT2D eigenvalue weighted by Gasteiger charge is -2.17. The number of hydrogen-bond acceptors (Lipinski definition) is 3. The van der Waals surface area contributed by atoms with E-state index in [0.29, 0.717) is 18.2 Å². The first kappa shape index (κ1) is 18.3. The van der Waals surface area contributed by atoms with E-state index in [1.165, 1.54) is 0 Å². The van der Waals surface area contributed by atoms with E-state index in [9.17, 15) is 9.59 Å². The van der Waals surface area contributed by atoms with Crippen molar-refractivity contribution in [2.75, 3.05) is 18.1 Å². The fraction of sp³-hybridized carbons (Fsp3) is 0.857. The van der Waals surface area contributed by atoms with Crippen LogP contribution in [0.25, 0.3) is 0 Å². The van der Waals surface area contributed by atoms with E-state index in [1.807, 2.05) is 0 Å². The number of rotatable bonds is 11. The summed E-state index contributed by atoms with van der Waals surface area (Å²) >= 11 is 1.64. The first-order valence-electron chi connectivity index (χ1n) is 7.01. The van der Waals surface area contributed by atoms with Crippen molar-refractivity contribution in [1.82, 2.24) is 5.32 Å². The molecule has 0 aromatic rings. The maximum absolute atomic E-state index is 11.6. The second-order valence-electron chi connectivity index (χ2n) is 5.30. The minimum absolute atomic E-state index is 0.0141. The van der Waals surface area contributed by atoms with Crippen LogP contribution in [0.4, 0.5) is 0 Å². The second-order valence-corrected chi connectivity index (χ2v) is 6.41. The molecule has 1 unspecified atom stereocenters. The van der Waals surface area contributed by atoms with Gasteiger partial charge in [0.25, 0.3) is 0 Å². The van der Waals surface area contributed by atoms with Gasteiger partial charge in [-0.2, -0.15) is 11.8 Å². The minimum Gasteiger partial charge on any atom is -0.481 e. The highest BCUT2D eigenvalue weighted by atomic mass is 32.2. The highest BCUT2D eigenvalue weighted by Crippen LogP contribution is 2.14. The van der Waals surface area contributed by atoms with Gasteiger partial charge in [0.15, 0.2) is 0 Å². The highest BCUT2D eigenvalue weighted by Gasteiger charge is 2.15. The van der Waals surface area contributed by atoms with Crippen molar-refractivity contribution in [1.29, 1.82) is 0 Å². The third kappa shape index (κ3) is 12.1. The number of hydrogen-bond donors (Lipinski definition) is 2. The van der Waals surface area contributed by atoms with E-state index in [0.717, 1.165) is 25.0 Å². The lowest BCUT2D eigenvalue weighted by molar-refractivity contribution is -0.138. The Morgan fingerprint density at radius 2 is 2.00 bits per heavy atom. The van der Waals surface area contributed by atoms with E-state index in [2.05, 4.69) is 26.1 Å². The van der Waals surface area contributed by atoms with Gasteiger partial charge >= 0.3 is 5.97 Å². The van der Waals surface area contributed by atoms with Crippen molar-refractivity contribution in [2.24, 2.45) is 11.8 Å². The van der Waals surface area contributed by atoms with E-state index >= 15 is 0 Å². The molecule has 0 aliphatic rings. The van der Waals surface area contributed by atoms with Crippen LogP contribution in [0.5, 0.6) is 0 Å². The SMILES string of the molecule is CCCCSCC(=O)NCC(CC(=O)O)CC(C)C. The van der Waals surface area contributed by atoms with Crippen molar-refractivity contribution >= 4 is 23.6 Å². The first-order chi connectivity index (χ1) is 8.95. The largest absolute Gasteiger partial charge is 0.481 e. The van der Waals surface area contributed by atoms with Gasteiger partial charge in [-0.25, -0.2) is 0 Å². The Morgan fingerprint density at radius 1 is 1.32 bits per heavy atom. The summed E-state index contributed by atoms with van der Waals surface area (Å²) in [6, 6.07) is 0. The van der Waals surface area contributed by atoms with Crippen molar-refractivity contribution in [3.8, 4) is 0 Å². The summed E-state index contributed by atoms with van der Waals surface area (Å²) in [4.78, 5) is 22.4. The molecular formula is C14H27NO3S. The molecule has 0 heterocycles. The Labute approximate surface area is 120 Å². The van der Waals surface area contributed by atoms with Crippen LogP contribution in [-0.2, 0) is 9.59 Å². The monoisotopic (exact) mass is 289 g/mol. The maximum Gasteiger partial charge on any atom is 0.303 e. The van der Waals surface area contributed by atoms with Gasteiger partial charge in [0, 0.05) is 13.0 Å². The number of carboxylic acids is 1. The van der Waals surface area contributed by atoms with Gasteiger partial charge in [-0.05, 0) is 30.4 Å². The molecule has 0 aliphatic heterocycles. The van der Waals surface area contributed by atoms with E-state index < -0.39 is 5.97 Å². The summed E-state index contributed by atoms with van der Waals surface area (Å²) < 4.78 is 0. The molecule has 0 aromatic heterocycles. The van der Waals surface area contributed by atoms with Gasteiger partial charge in [0.2, 0.25) is 5.91 Å². The van der Waals surface area contributed by atoms with Crippen molar-refractivity contribution in [2.45, 2.75) is 46.5 Å². The standard InChI is InChI=1S/C14H27NO3S/c1-4-5-6-19-10-13(16)15-9-12(7-11(2)3)8-14(17)18/h11-12H,4-10H2,1-3H3,(H,15,16)(H,17,18). The number of thioether (sulfide) groups is 1. The van der Waals surface area contributed by atoms with E-state index in [4.69, 9.17) is 5.11 Å². The zero-order valence-electron chi connectivity index (χ0n) is 12.3. The molecule has 0 spiro atoms. The lowest BCUT2D eigenvalue weighted by Crippen LogP contribution is -2.32. The Kier molecular flexibility index (Phi) is 10.7. The van der Waals surface area contributed by atoms with E-state index in [-0.39, 0.29) is 18.2 Å². The molecule has 19 heavy (non-hydrogen) atoms. The topological polar surface area (TPSA) is 66.4 Å². The van der Waals surface area contributed by atoms with Crippen molar-refractivity contribution < 1.29 is 14.7 Å². The lowest BCUT2D eigenvalue weighted by atomic mass is 9.94. The molecule has 2 N–H and O–H groups in total. The van der Waals surface area contributed by atoms with Gasteiger partial charge in [0.05, 0.1) is 5.75 Å². The maximum atomic E-state index is 11.6. The van der Waals surface area contributed by atoms with Gasteiger partial charge < -0.3 is 10.4 Å². The van der Waals surface area contributed by atoms with E-state index in [1.54, 1.807) is 11.8 Å². The fourth-order valence-electron chi connectivity index (χ4n) is 1.87. The van der Waals surface area contributed by atoms with Gasteiger partial charge in [-0.3, -0.25) is 9.59 Å². The molecule has 0 saturated heterocycles. The van der Waals surface area contributed by atoms with Crippen LogP contribution in [0.1, 0.15) is 46.5 Å². The molecule has 1 amide bonds. The summed E-state index contributed by atoms with van der Waals surface area (Å²) in [5.74, 6) is 1.18.